The molecule has 1 aliphatic heterocycles. The predicted octanol–water partition coefficient (Wildman–Crippen LogP) is 1.55. The summed E-state index contributed by atoms with van der Waals surface area (Å²) in [5, 5.41) is 6.16. The first-order chi connectivity index (χ1) is 8.78. The fourth-order valence-corrected chi connectivity index (χ4v) is 2.27. The summed E-state index contributed by atoms with van der Waals surface area (Å²) in [5.74, 6) is 0.0398. The van der Waals surface area contributed by atoms with Gasteiger partial charge in [0.25, 0.3) is 0 Å². The first-order valence-electron chi connectivity index (χ1n) is 6.37. The zero-order valence-electron chi connectivity index (χ0n) is 11.5. The highest BCUT2D eigenvalue weighted by molar-refractivity contribution is 5.92. The van der Waals surface area contributed by atoms with E-state index in [4.69, 9.17) is 0 Å². The van der Waals surface area contributed by atoms with Crippen molar-refractivity contribution in [2.45, 2.75) is 18.9 Å². The second kappa shape index (κ2) is 9.94. The minimum atomic E-state index is 0. The first-order valence-corrected chi connectivity index (χ1v) is 6.37. The summed E-state index contributed by atoms with van der Waals surface area (Å²) in [6.45, 7) is 2.41. The summed E-state index contributed by atoms with van der Waals surface area (Å²) in [5.41, 5.74) is 0.803. The van der Waals surface area contributed by atoms with Crippen LogP contribution in [0.25, 0.3) is 0 Å². The molecule has 1 fully saturated rings. The van der Waals surface area contributed by atoms with Gasteiger partial charge in [-0.1, -0.05) is 0 Å². The van der Waals surface area contributed by atoms with Gasteiger partial charge in [0.2, 0.25) is 5.91 Å². The van der Waals surface area contributed by atoms with Crippen LogP contribution in [-0.2, 0) is 4.79 Å². The third-order valence-electron chi connectivity index (χ3n) is 3.25. The Kier molecular flexibility index (Phi) is 9.50. The zero-order chi connectivity index (χ0) is 12.8. The van der Waals surface area contributed by atoms with Gasteiger partial charge >= 0.3 is 0 Å². The van der Waals surface area contributed by atoms with E-state index in [9.17, 15) is 4.79 Å². The molecule has 2 rings (SSSR count). The number of hydrogen-bond donors (Lipinski definition) is 2. The lowest BCUT2D eigenvalue weighted by atomic mass is 10.1. The van der Waals surface area contributed by atoms with Gasteiger partial charge in [-0.15, -0.1) is 24.8 Å². The average Bonchev–Trinajstić information content (AvgIpc) is 2.40. The van der Waals surface area contributed by atoms with E-state index >= 15 is 0 Å². The maximum Gasteiger partial charge on any atom is 0.238 e. The Morgan fingerprint density at radius 1 is 1.40 bits per heavy atom. The molecule has 1 aromatic heterocycles. The Balaban J connectivity index is 0.00000180. The van der Waals surface area contributed by atoms with Gasteiger partial charge in [-0.05, 0) is 38.6 Å². The number of carbonyl (C=O) groups is 1. The number of nitrogens with one attached hydrogen (secondary N) is 2. The molecule has 2 heterocycles. The number of anilines is 1. The van der Waals surface area contributed by atoms with Crippen molar-refractivity contribution < 1.29 is 4.79 Å². The average molecular weight is 321 g/mol. The number of nitrogens with zero attached hydrogens (tertiary/aromatic N) is 2. The van der Waals surface area contributed by atoms with Crippen LogP contribution in [0.1, 0.15) is 12.8 Å². The third-order valence-corrected chi connectivity index (χ3v) is 3.25. The molecule has 1 amide bonds. The van der Waals surface area contributed by atoms with Crippen LogP contribution in [0.3, 0.4) is 0 Å². The van der Waals surface area contributed by atoms with Crippen molar-refractivity contribution in [3.05, 3.63) is 24.5 Å². The molecule has 0 aromatic carbocycles. The number of carbonyl (C=O) groups excluding carboxylic acids is 1. The van der Waals surface area contributed by atoms with Crippen LogP contribution in [0, 0.1) is 0 Å². The molecule has 0 spiro atoms. The van der Waals surface area contributed by atoms with Crippen molar-refractivity contribution in [2.75, 3.05) is 32.0 Å². The van der Waals surface area contributed by atoms with Crippen LogP contribution >= 0.6 is 24.8 Å². The van der Waals surface area contributed by atoms with Gasteiger partial charge < -0.3 is 10.6 Å². The molecular formula is C13H22Cl2N4O. The second-order valence-corrected chi connectivity index (χ2v) is 4.65. The fourth-order valence-electron chi connectivity index (χ4n) is 2.27. The Bertz CT molecular complexity index is 391. The number of amides is 1. The van der Waals surface area contributed by atoms with Gasteiger partial charge in [0.1, 0.15) is 0 Å². The molecule has 0 aliphatic carbocycles. The van der Waals surface area contributed by atoms with Gasteiger partial charge in [0, 0.05) is 30.7 Å². The molecular weight excluding hydrogens is 299 g/mol. The number of likely N-dealkylation sites (N-methyl/N-ethyl adjacent to an activating group) is 1. The highest BCUT2D eigenvalue weighted by Gasteiger charge is 2.20. The van der Waals surface area contributed by atoms with Gasteiger partial charge in [0.05, 0.1) is 6.54 Å². The number of rotatable bonds is 4. The summed E-state index contributed by atoms with van der Waals surface area (Å²) in [4.78, 5) is 18.0. The minimum Gasteiger partial charge on any atom is -0.325 e. The van der Waals surface area contributed by atoms with Crippen molar-refractivity contribution in [1.82, 2.24) is 15.2 Å². The van der Waals surface area contributed by atoms with Gasteiger partial charge in [-0.3, -0.25) is 14.7 Å². The lowest BCUT2D eigenvalue weighted by Crippen LogP contribution is -2.46. The Morgan fingerprint density at radius 3 is 2.75 bits per heavy atom. The first kappa shape index (κ1) is 19.1. The monoisotopic (exact) mass is 320 g/mol. The van der Waals surface area contributed by atoms with Crippen LogP contribution < -0.4 is 10.6 Å². The quantitative estimate of drug-likeness (QED) is 0.883. The SMILES string of the molecule is CNC1CCCN(CC(=O)Nc2ccncc2)C1.Cl.Cl. The van der Waals surface area contributed by atoms with E-state index in [-0.39, 0.29) is 30.7 Å². The zero-order valence-corrected chi connectivity index (χ0v) is 13.2. The topological polar surface area (TPSA) is 57.3 Å². The summed E-state index contributed by atoms with van der Waals surface area (Å²) >= 11 is 0. The van der Waals surface area contributed by atoms with E-state index in [1.165, 1.54) is 6.42 Å². The number of pyridine rings is 1. The number of likely N-dealkylation sites (tertiary alicyclic amines) is 1. The van der Waals surface area contributed by atoms with E-state index in [2.05, 4.69) is 20.5 Å². The molecule has 5 nitrogen and oxygen atoms in total. The predicted molar refractivity (Wildman–Crippen MR) is 85.9 cm³/mol. The van der Waals surface area contributed by atoms with E-state index in [1.54, 1.807) is 24.5 Å². The Labute approximate surface area is 132 Å². The molecule has 1 aliphatic rings. The maximum atomic E-state index is 11.9. The van der Waals surface area contributed by atoms with E-state index in [0.29, 0.717) is 12.6 Å². The van der Waals surface area contributed by atoms with Crippen LogP contribution in [0.15, 0.2) is 24.5 Å². The number of aromatic nitrogens is 1. The molecule has 2 N–H and O–H groups in total. The Morgan fingerprint density at radius 2 is 2.10 bits per heavy atom. The summed E-state index contributed by atoms with van der Waals surface area (Å²) in [6, 6.07) is 4.10. The number of piperidine rings is 1. The summed E-state index contributed by atoms with van der Waals surface area (Å²) < 4.78 is 0. The number of halogens is 2. The van der Waals surface area contributed by atoms with Gasteiger partial charge in [-0.2, -0.15) is 0 Å². The second-order valence-electron chi connectivity index (χ2n) is 4.65. The normalized spacial score (nSPS) is 18.6. The molecule has 0 saturated carbocycles. The molecule has 0 radical (unpaired) electrons. The maximum absolute atomic E-state index is 11.9. The molecule has 7 heteroatoms. The molecule has 20 heavy (non-hydrogen) atoms. The molecule has 0 bridgehead atoms. The fraction of sp³-hybridized carbons (Fsp3) is 0.538. The highest BCUT2D eigenvalue weighted by Crippen LogP contribution is 2.10. The summed E-state index contributed by atoms with van der Waals surface area (Å²) in [7, 11) is 1.98. The largest absolute Gasteiger partial charge is 0.325 e. The van der Waals surface area contributed by atoms with Crippen molar-refractivity contribution >= 4 is 36.4 Å². The smallest absolute Gasteiger partial charge is 0.238 e. The highest BCUT2D eigenvalue weighted by atomic mass is 35.5. The standard InChI is InChI=1S/C13H20N4O.2ClH/c1-14-12-3-2-8-17(9-12)10-13(18)16-11-4-6-15-7-5-11;;/h4-7,12,14H,2-3,8-10H2,1H3,(H,15,16,18);2*1H. The van der Waals surface area contributed by atoms with Crippen LogP contribution in [0.5, 0.6) is 0 Å². The van der Waals surface area contributed by atoms with Crippen LogP contribution in [-0.4, -0.2) is 48.5 Å². The molecule has 1 saturated heterocycles. The van der Waals surface area contributed by atoms with Crippen LogP contribution in [0.2, 0.25) is 0 Å². The van der Waals surface area contributed by atoms with E-state index in [1.807, 2.05) is 7.05 Å². The molecule has 1 atom stereocenters. The van der Waals surface area contributed by atoms with Crippen molar-refractivity contribution in [3.63, 3.8) is 0 Å². The van der Waals surface area contributed by atoms with Gasteiger partial charge in [0.15, 0.2) is 0 Å². The molecule has 1 aromatic rings. The van der Waals surface area contributed by atoms with Crippen molar-refractivity contribution in [1.29, 1.82) is 0 Å². The van der Waals surface area contributed by atoms with Gasteiger partial charge in [-0.25, -0.2) is 0 Å². The van der Waals surface area contributed by atoms with Crippen molar-refractivity contribution in [3.8, 4) is 0 Å². The van der Waals surface area contributed by atoms with E-state index < -0.39 is 0 Å². The lowest BCUT2D eigenvalue weighted by molar-refractivity contribution is -0.117. The lowest BCUT2D eigenvalue weighted by Gasteiger charge is -2.31. The summed E-state index contributed by atoms with van der Waals surface area (Å²) in [6.07, 6.45) is 5.69. The van der Waals surface area contributed by atoms with E-state index in [0.717, 1.165) is 25.2 Å². The molecule has 114 valence electrons. The molecule has 1 unspecified atom stereocenters. The number of hydrogen-bond acceptors (Lipinski definition) is 4. The van der Waals surface area contributed by atoms with Crippen LogP contribution in [0.4, 0.5) is 5.69 Å². The van der Waals surface area contributed by atoms with Crippen molar-refractivity contribution in [2.24, 2.45) is 0 Å². The minimum absolute atomic E-state index is 0. The Hall–Kier alpha value is -0.880. The third kappa shape index (κ3) is 6.05.